The van der Waals surface area contributed by atoms with Gasteiger partial charge in [-0.25, -0.2) is 9.97 Å². The second-order valence-corrected chi connectivity index (χ2v) is 5.89. The maximum absolute atomic E-state index is 12.4. The molecule has 5 nitrogen and oxygen atoms in total. The summed E-state index contributed by atoms with van der Waals surface area (Å²) >= 11 is 5.93. The van der Waals surface area contributed by atoms with Crippen molar-refractivity contribution in [2.45, 2.75) is 26.7 Å². The van der Waals surface area contributed by atoms with Crippen LogP contribution < -0.4 is 10.2 Å². The number of aryl methyl sites for hydroxylation is 1. The molecule has 23 heavy (non-hydrogen) atoms. The highest BCUT2D eigenvalue weighted by molar-refractivity contribution is 6.30. The van der Waals surface area contributed by atoms with E-state index < -0.39 is 0 Å². The van der Waals surface area contributed by atoms with Crippen LogP contribution in [-0.4, -0.2) is 29.5 Å². The van der Waals surface area contributed by atoms with Crippen molar-refractivity contribution in [3.05, 3.63) is 46.9 Å². The van der Waals surface area contributed by atoms with Gasteiger partial charge in [0, 0.05) is 30.4 Å². The number of benzene rings is 1. The monoisotopic (exact) mass is 332 g/mol. The number of carbonyl (C=O) groups excluding carboxylic acids is 1. The van der Waals surface area contributed by atoms with Gasteiger partial charge in [0.05, 0.1) is 0 Å². The largest absolute Gasteiger partial charge is 0.360 e. The number of carbonyl (C=O) groups is 1. The molecule has 0 saturated carbocycles. The Morgan fingerprint density at radius 2 is 2.09 bits per heavy atom. The second-order valence-electron chi connectivity index (χ2n) is 5.45. The Labute approximate surface area is 141 Å². The highest BCUT2D eigenvalue weighted by atomic mass is 35.5. The van der Waals surface area contributed by atoms with Gasteiger partial charge in [0.2, 0.25) is 0 Å². The number of hydrogen-bond donors (Lipinski definition) is 1. The second kappa shape index (κ2) is 7.92. The lowest BCUT2D eigenvalue weighted by Gasteiger charge is -2.17. The van der Waals surface area contributed by atoms with Crippen molar-refractivity contribution in [3.8, 4) is 0 Å². The molecule has 1 N–H and O–H groups in total. The lowest BCUT2D eigenvalue weighted by Crippen LogP contribution is -2.21. The van der Waals surface area contributed by atoms with Crippen molar-refractivity contribution in [1.29, 1.82) is 0 Å². The van der Waals surface area contributed by atoms with E-state index in [0.717, 1.165) is 36.5 Å². The zero-order valence-electron chi connectivity index (χ0n) is 13.6. The zero-order valence-corrected chi connectivity index (χ0v) is 14.4. The summed E-state index contributed by atoms with van der Waals surface area (Å²) < 4.78 is 0. The summed E-state index contributed by atoms with van der Waals surface area (Å²) in [6.07, 6.45) is 3.60. The van der Waals surface area contributed by atoms with Gasteiger partial charge in [0.1, 0.15) is 17.8 Å². The fourth-order valence-corrected chi connectivity index (χ4v) is 2.37. The van der Waals surface area contributed by atoms with Crippen LogP contribution in [0, 0.1) is 6.92 Å². The van der Waals surface area contributed by atoms with Gasteiger partial charge in [-0.2, -0.15) is 0 Å². The molecule has 2 rings (SSSR count). The summed E-state index contributed by atoms with van der Waals surface area (Å²) in [7, 11) is 1.96. The zero-order chi connectivity index (χ0) is 16.8. The molecule has 0 bridgehead atoms. The predicted molar refractivity (Wildman–Crippen MR) is 94.4 cm³/mol. The van der Waals surface area contributed by atoms with Crippen LogP contribution in [0.5, 0.6) is 0 Å². The number of nitrogens with zero attached hydrogens (tertiary/aromatic N) is 3. The third-order valence-electron chi connectivity index (χ3n) is 3.56. The molecule has 0 saturated heterocycles. The van der Waals surface area contributed by atoms with E-state index >= 15 is 0 Å². The Bertz CT molecular complexity index is 690. The topological polar surface area (TPSA) is 58.1 Å². The van der Waals surface area contributed by atoms with Crippen LogP contribution in [0.1, 0.15) is 35.8 Å². The highest BCUT2D eigenvalue weighted by Gasteiger charge is 2.12. The lowest BCUT2D eigenvalue weighted by atomic mass is 10.2. The third-order valence-corrected chi connectivity index (χ3v) is 3.80. The Balaban J connectivity index is 2.13. The molecule has 0 aliphatic heterocycles. The van der Waals surface area contributed by atoms with Gasteiger partial charge >= 0.3 is 0 Å². The smallest absolute Gasteiger partial charge is 0.274 e. The maximum atomic E-state index is 12.4. The van der Waals surface area contributed by atoms with Crippen molar-refractivity contribution in [3.63, 3.8) is 0 Å². The number of unbranched alkanes of at least 4 members (excludes halogenated alkanes) is 1. The first kappa shape index (κ1) is 17.2. The number of amides is 1. The summed E-state index contributed by atoms with van der Waals surface area (Å²) in [5.74, 6) is 0.481. The Kier molecular flexibility index (Phi) is 5.93. The van der Waals surface area contributed by atoms with Gasteiger partial charge in [0.25, 0.3) is 5.91 Å². The maximum Gasteiger partial charge on any atom is 0.274 e. The first-order valence-electron chi connectivity index (χ1n) is 7.62. The predicted octanol–water partition coefficient (Wildman–Crippen LogP) is 3.93. The molecule has 122 valence electrons. The summed E-state index contributed by atoms with van der Waals surface area (Å²) in [6.45, 7) is 4.93. The van der Waals surface area contributed by atoms with Crippen LogP contribution >= 0.6 is 11.6 Å². The van der Waals surface area contributed by atoms with Gasteiger partial charge in [-0.15, -0.1) is 0 Å². The lowest BCUT2D eigenvalue weighted by molar-refractivity contribution is 0.102. The van der Waals surface area contributed by atoms with E-state index in [0.29, 0.717) is 10.7 Å². The summed E-state index contributed by atoms with van der Waals surface area (Å²) in [5, 5.41) is 3.50. The average molecular weight is 333 g/mol. The molecule has 0 aliphatic carbocycles. The number of aromatic nitrogens is 2. The van der Waals surface area contributed by atoms with Crippen molar-refractivity contribution in [2.75, 3.05) is 23.8 Å². The van der Waals surface area contributed by atoms with Gasteiger partial charge in [-0.1, -0.05) is 24.9 Å². The van der Waals surface area contributed by atoms with Gasteiger partial charge < -0.3 is 10.2 Å². The summed E-state index contributed by atoms with van der Waals surface area (Å²) in [4.78, 5) is 22.7. The van der Waals surface area contributed by atoms with E-state index in [4.69, 9.17) is 11.6 Å². The van der Waals surface area contributed by atoms with Crippen molar-refractivity contribution in [2.24, 2.45) is 0 Å². The molecule has 2 aromatic rings. The van der Waals surface area contributed by atoms with Gasteiger partial charge in [-0.05, 0) is 37.1 Å². The Morgan fingerprint density at radius 1 is 1.30 bits per heavy atom. The molecule has 0 radical (unpaired) electrons. The van der Waals surface area contributed by atoms with Crippen LogP contribution in [0.15, 0.2) is 30.6 Å². The molecule has 0 fully saturated rings. The minimum atomic E-state index is -0.261. The SMILES string of the molecule is CCCCN(C)c1cc(C(=O)Nc2ccc(Cl)cc2C)ncn1. The fraction of sp³-hybridized carbons (Fsp3) is 0.353. The molecule has 6 heteroatoms. The van der Waals surface area contributed by atoms with Crippen molar-refractivity contribution in [1.82, 2.24) is 9.97 Å². The van der Waals surface area contributed by atoms with E-state index in [-0.39, 0.29) is 5.91 Å². The normalized spacial score (nSPS) is 10.4. The quantitative estimate of drug-likeness (QED) is 0.870. The van der Waals surface area contributed by atoms with Crippen LogP contribution in [0.25, 0.3) is 0 Å². The number of rotatable bonds is 6. The van der Waals surface area contributed by atoms with Gasteiger partial charge in [0.15, 0.2) is 0 Å². The molecular weight excluding hydrogens is 312 g/mol. The van der Waals surface area contributed by atoms with Crippen LogP contribution in [-0.2, 0) is 0 Å². The molecular formula is C17H21ClN4O. The minimum absolute atomic E-state index is 0.261. The number of hydrogen-bond acceptors (Lipinski definition) is 4. The molecule has 1 amide bonds. The van der Waals surface area contributed by atoms with Crippen LogP contribution in [0.2, 0.25) is 5.02 Å². The molecule has 1 heterocycles. The Morgan fingerprint density at radius 3 is 2.78 bits per heavy atom. The Hall–Kier alpha value is -2.14. The minimum Gasteiger partial charge on any atom is -0.360 e. The van der Waals surface area contributed by atoms with Crippen molar-refractivity contribution >= 4 is 29.0 Å². The molecule has 0 atom stereocenters. The first-order chi connectivity index (χ1) is 11.0. The number of anilines is 2. The van der Waals surface area contributed by atoms with Crippen molar-refractivity contribution < 1.29 is 4.79 Å². The summed E-state index contributed by atoms with van der Waals surface area (Å²) in [5.41, 5.74) is 1.96. The third kappa shape index (κ3) is 4.66. The number of nitrogens with one attached hydrogen (secondary N) is 1. The van der Waals surface area contributed by atoms with E-state index in [1.165, 1.54) is 6.33 Å². The van der Waals surface area contributed by atoms with Crippen LogP contribution in [0.4, 0.5) is 11.5 Å². The molecule has 0 spiro atoms. The highest BCUT2D eigenvalue weighted by Crippen LogP contribution is 2.20. The van der Waals surface area contributed by atoms with E-state index in [1.54, 1.807) is 24.3 Å². The van der Waals surface area contributed by atoms with Crippen LogP contribution in [0.3, 0.4) is 0 Å². The first-order valence-corrected chi connectivity index (χ1v) is 7.99. The summed E-state index contributed by atoms with van der Waals surface area (Å²) in [6, 6.07) is 7.04. The molecule has 0 unspecified atom stereocenters. The van der Waals surface area contributed by atoms with E-state index in [2.05, 4.69) is 22.2 Å². The van der Waals surface area contributed by atoms with E-state index in [1.807, 2.05) is 18.9 Å². The molecule has 1 aromatic heterocycles. The number of halogens is 1. The molecule has 0 aliphatic rings. The fourth-order valence-electron chi connectivity index (χ4n) is 2.14. The average Bonchev–Trinajstić information content (AvgIpc) is 2.55. The molecule has 1 aromatic carbocycles. The van der Waals surface area contributed by atoms with E-state index in [9.17, 15) is 4.79 Å². The van der Waals surface area contributed by atoms with Gasteiger partial charge in [-0.3, -0.25) is 4.79 Å². The standard InChI is InChI=1S/C17H21ClN4O/c1-4-5-8-22(3)16-10-15(19-11-20-16)17(23)21-14-7-6-13(18)9-12(14)2/h6-7,9-11H,4-5,8H2,1-3H3,(H,21,23).